The fourth-order valence-corrected chi connectivity index (χ4v) is 1.20. The summed E-state index contributed by atoms with van der Waals surface area (Å²) in [4.78, 5) is 21.7. The summed E-state index contributed by atoms with van der Waals surface area (Å²) in [5, 5.41) is 0.457. The van der Waals surface area contributed by atoms with Gasteiger partial charge in [-0.25, -0.2) is 4.79 Å². The fraction of sp³-hybridized carbons (Fsp3) is 0.167. The summed E-state index contributed by atoms with van der Waals surface area (Å²) in [5.41, 5.74) is 0.803. The van der Waals surface area contributed by atoms with Gasteiger partial charge < -0.3 is 4.74 Å². The highest BCUT2D eigenvalue weighted by atomic mass is 35.5. The van der Waals surface area contributed by atoms with Crippen molar-refractivity contribution in [1.29, 1.82) is 0 Å². The number of carbonyl (C=O) groups is 2. The topological polar surface area (TPSA) is 43.4 Å². The highest BCUT2D eigenvalue weighted by molar-refractivity contribution is 6.30. The van der Waals surface area contributed by atoms with Crippen LogP contribution in [-0.4, -0.2) is 18.9 Å². The second-order valence-electron chi connectivity index (χ2n) is 2.82. The van der Waals surface area contributed by atoms with E-state index in [0.717, 1.165) is 0 Å². The minimum atomic E-state index is -0.626. The van der Waals surface area contributed by atoms with E-state index in [0.29, 0.717) is 22.4 Å². The zero-order chi connectivity index (χ0) is 12.0. The third kappa shape index (κ3) is 3.41. The molecule has 0 spiro atoms. The summed E-state index contributed by atoms with van der Waals surface area (Å²) < 4.78 is 4.63. The first kappa shape index (κ1) is 12.3. The van der Waals surface area contributed by atoms with Crippen molar-refractivity contribution in [1.82, 2.24) is 0 Å². The highest BCUT2D eigenvalue weighted by Crippen LogP contribution is 2.13. The van der Waals surface area contributed by atoms with Crippen molar-refractivity contribution >= 4 is 23.9 Å². The van der Waals surface area contributed by atoms with Crippen molar-refractivity contribution in [3.63, 3.8) is 0 Å². The molecular weight excluding hydrogens is 228 g/mol. The molecule has 0 radical (unpaired) electrons. The van der Waals surface area contributed by atoms with Crippen molar-refractivity contribution in [2.75, 3.05) is 6.61 Å². The van der Waals surface area contributed by atoms with Crippen LogP contribution in [0.4, 0.5) is 0 Å². The van der Waals surface area contributed by atoms with Gasteiger partial charge in [-0.1, -0.05) is 17.5 Å². The third-order valence-corrected chi connectivity index (χ3v) is 1.95. The Hall–Kier alpha value is -1.79. The van der Waals surface area contributed by atoms with E-state index >= 15 is 0 Å². The molecule has 0 saturated heterocycles. The zero-order valence-electron chi connectivity index (χ0n) is 8.62. The van der Waals surface area contributed by atoms with E-state index in [9.17, 15) is 9.59 Å². The van der Waals surface area contributed by atoms with Crippen LogP contribution in [0.15, 0.2) is 18.2 Å². The van der Waals surface area contributed by atoms with E-state index in [2.05, 4.69) is 16.6 Å². The first-order valence-electron chi connectivity index (χ1n) is 4.61. The van der Waals surface area contributed by atoms with Gasteiger partial charge in [-0.3, -0.25) is 4.79 Å². The summed E-state index contributed by atoms with van der Waals surface area (Å²) in [6.45, 7) is 1.96. The molecule has 0 aliphatic heterocycles. The van der Waals surface area contributed by atoms with Gasteiger partial charge in [0.2, 0.25) is 0 Å². The van der Waals surface area contributed by atoms with E-state index in [1.54, 1.807) is 19.1 Å². The minimum Gasteiger partial charge on any atom is -0.456 e. The Morgan fingerprint density at radius 1 is 1.56 bits per heavy atom. The Bertz CT molecular complexity index is 469. The van der Waals surface area contributed by atoms with Crippen molar-refractivity contribution in [2.24, 2.45) is 0 Å². The van der Waals surface area contributed by atoms with Gasteiger partial charge in [-0.05, 0) is 25.1 Å². The molecule has 3 nitrogen and oxygen atoms in total. The lowest BCUT2D eigenvalue weighted by Gasteiger charge is -1.96. The van der Waals surface area contributed by atoms with E-state index in [-0.39, 0.29) is 6.61 Å². The van der Waals surface area contributed by atoms with Gasteiger partial charge >= 0.3 is 5.97 Å². The molecule has 0 bridgehead atoms. The van der Waals surface area contributed by atoms with Crippen LogP contribution >= 0.6 is 11.6 Å². The zero-order valence-corrected chi connectivity index (χ0v) is 9.38. The van der Waals surface area contributed by atoms with Crippen LogP contribution in [-0.2, 0) is 9.53 Å². The smallest absolute Gasteiger partial charge is 0.384 e. The van der Waals surface area contributed by atoms with Crippen LogP contribution in [0, 0.1) is 11.8 Å². The molecule has 1 rings (SSSR count). The van der Waals surface area contributed by atoms with Crippen LogP contribution in [0.1, 0.15) is 22.8 Å². The van der Waals surface area contributed by atoms with Gasteiger partial charge in [0.15, 0.2) is 6.29 Å². The molecule has 1 aromatic carbocycles. The summed E-state index contributed by atoms with van der Waals surface area (Å²) in [7, 11) is 0. The van der Waals surface area contributed by atoms with Crippen LogP contribution < -0.4 is 0 Å². The lowest BCUT2D eigenvalue weighted by Crippen LogP contribution is -1.99. The molecule has 0 fully saturated rings. The maximum absolute atomic E-state index is 11.0. The van der Waals surface area contributed by atoms with Crippen molar-refractivity contribution in [2.45, 2.75) is 6.92 Å². The SMILES string of the molecule is CCOC(=O)C#Cc1cc(Cl)ccc1C=O. The van der Waals surface area contributed by atoms with Gasteiger partial charge in [0.25, 0.3) is 0 Å². The first-order valence-corrected chi connectivity index (χ1v) is 4.98. The molecule has 0 atom stereocenters. The lowest BCUT2D eigenvalue weighted by molar-refractivity contribution is -0.136. The largest absolute Gasteiger partial charge is 0.456 e. The molecule has 16 heavy (non-hydrogen) atoms. The molecule has 0 amide bonds. The molecular formula is C12H9ClO3. The maximum Gasteiger partial charge on any atom is 0.384 e. The second kappa shape index (κ2) is 5.94. The summed E-state index contributed by atoms with van der Waals surface area (Å²) in [5.74, 6) is 4.20. The molecule has 0 aromatic heterocycles. The number of benzene rings is 1. The normalized spacial score (nSPS) is 8.88. The van der Waals surface area contributed by atoms with Gasteiger partial charge in [0, 0.05) is 22.1 Å². The molecule has 82 valence electrons. The van der Waals surface area contributed by atoms with Gasteiger partial charge in [-0.2, -0.15) is 0 Å². The number of halogens is 1. The van der Waals surface area contributed by atoms with E-state index in [1.165, 1.54) is 6.07 Å². The Balaban J connectivity index is 2.99. The van der Waals surface area contributed by atoms with Gasteiger partial charge in [0.05, 0.1) is 6.61 Å². The minimum absolute atomic E-state index is 0.267. The monoisotopic (exact) mass is 236 g/mol. The predicted molar refractivity (Wildman–Crippen MR) is 60.4 cm³/mol. The number of hydrogen-bond acceptors (Lipinski definition) is 3. The van der Waals surface area contributed by atoms with Gasteiger partial charge in [0.1, 0.15) is 0 Å². The number of hydrogen-bond donors (Lipinski definition) is 0. The lowest BCUT2D eigenvalue weighted by atomic mass is 10.1. The molecule has 4 heteroatoms. The quantitative estimate of drug-likeness (QED) is 0.449. The van der Waals surface area contributed by atoms with Crippen LogP contribution in [0.25, 0.3) is 0 Å². The van der Waals surface area contributed by atoms with Crippen molar-refractivity contribution < 1.29 is 14.3 Å². The third-order valence-electron chi connectivity index (χ3n) is 1.72. The molecule has 0 unspecified atom stereocenters. The maximum atomic E-state index is 11.0. The molecule has 0 aliphatic rings. The Kier molecular flexibility index (Phi) is 4.56. The average Bonchev–Trinajstić information content (AvgIpc) is 2.27. The second-order valence-corrected chi connectivity index (χ2v) is 3.26. The number of rotatable bonds is 2. The predicted octanol–water partition coefficient (Wildman–Crippen LogP) is 2.07. The average molecular weight is 237 g/mol. The van der Waals surface area contributed by atoms with Crippen LogP contribution in [0.3, 0.4) is 0 Å². The fourth-order valence-electron chi connectivity index (χ4n) is 1.03. The summed E-state index contributed by atoms with van der Waals surface area (Å²) in [6.07, 6.45) is 0.658. The standard InChI is InChI=1S/C12H9ClO3/c1-2-16-12(15)6-4-9-7-11(13)5-3-10(9)8-14/h3,5,7-8H,2H2,1H3. The Labute approximate surface area is 98.4 Å². The summed E-state index contributed by atoms with van der Waals surface area (Å²) in [6, 6.07) is 4.66. The van der Waals surface area contributed by atoms with Crippen LogP contribution in [0.2, 0.25) is 5.02 Å². The molecule has 0 saturated carbocycles. The summed E-state index contributed by atoms with van der Waals surface area (Å²) >= 11 is 5.75. The highest BCUT2D eigenvalue weighted by Gasteiger charge is 2.00. The molecule has 1 aromatic rings. The number of aldehydes is 1. The van der Waals surface area contributed by atoms with E-state index in [4.69, 9.17) is 11.6 Å². The number of esters is 1. The van der Waals surface area contributed by atoms with Crippen molar-refractivity contribution in [3.05, 3.63) is 34.3 Å². The number of ether oxygens (including phenoxy) is 1. The van der Waals surface area contributed by atoms with Crippen LogP contribution in [0.5, 0.6) is 0 Å². The van der Waals surface area contributed by atoms with Crippen molar-refractivity contribution in [3.8, 4) is 11.8 Å². The molecule has 0 aliphatic carbocycles. The van der Waals surface area contributed by atoms with E-state index < -0.39 is 5.97 Å². The first-order chi connectivity index (χ1) is 7.67. The number of carbonyl (C=O) groups excluding carboxylic acids is 2. The van der Waals surface area contributed by atoms with Gasteiger partial charge in [-0.15, -0.1) is 0 Å². The van der Waals surface area contributed by atoms with E-state index in [1.807, 2.05) is 0 Å². The molecule has 0 heterocycles. The Morgan fingerprint density at radius 3 is 2.94 bits per heavy atom. The Morgan fingerprint density at radius 2 is 2.31 bits per heavy atom. The molecule has 0 N–H and O–H groups in total.